The van der Waals surface area contributed by atoms with Crippen molar-refractivity contribution in [2.24, 2.45) is 5.73 Å². The van der Waals surface area contributed by atoms with Crippen molar-refractivity contribution >= 4 is 46.4 Å². The average molecular weight is 324 g/mol. The van der Waals surface area contributed by atoms with Gasteiger partial charge in [-0.3, -0.25) is 9.59 Å². The number of hydrogen-bond donors (Lipinski definition) is 3. The molecule has 7 heteroatoms. The van der Waals surface area contributed by atoms with Gasteiger partial charge in [-0.25, -0.2) is 0 Å². The lowest BCUT2D eigenvalue weighted by Gasteiger charge is -2.08. The molecule has 0 fully saturated rings. The number of amides is 2. The highest BCUT2D eigenvalue weighted by atomic mass is 35.5. The first-order valence-corrected chi connectivity index (χ1v) is 6.60. The summed E-state index contributed by atoms with van der Waals surface area (Å²) in [4.78, 5) is 23.3. The van der Waals surface area contributed by atoms with Gasteiger partial charge in [-0.05, 0) is 36.4 Å². The van der Waals surface area contributed by atoms with E-state index < -0.39 is 11.8 Å². The molecule has 0 heterocycles. The summed E-state index contributed by atoms with van der Waals surface area (Å²) in [5, 5.41) is 3.21. The van der Waals surface area contributed by atoms with E-state index in [2.05, 4.69) is 5.32 Å². The Bertz CT molecular complexity index is 732. The molecule has 0 atom stereocenters. The lowest BCUT2D eigenvalue weighted by Crippen LogP contribution is -2.15. The van der Waals surface area contributed by atoms with E-state index in [0.29, 0.717) is 22.0 Å². The topological polar surface area (TPSA) is 98.2 Å². The van der Waals surface area contributed by atoms with Gasteiger partial charge in [0.25, 0.3) is 5.91 Å². The maximum atomic E-state index is 12.1. The van der Waals surface area contributed by atoms with Crippen molar-refractivity contribution in [2.45, 2.75) is 0 Å². The third-order valence-electron chi connectivity index (χ3n) is 2.75. The lowest BCUT2D eigenvalue weighted by molar-refractivity contribution is 0.0996. The Hall–Kier alpha value is -2.24. The van der Waals surface area contributed by atoms with Crippen LogP contribution in [-0.2, 0) is 0 Å². The Balaban J connectivity index is 2.25. The summed E-state index contributed by atoms with van der Waals surface area (Å²) in [7, 11) is 0. The predicted octanol–water partition coefficient (Wildman–Crippen LogP) is 2.93. The monoisotopic (exact) mass is 323 g/mol. The van der Waals surface area contributed by atoms with E-state index in [1.165, 1.54) is 24.3 Å². The highest BCUT2D eigenvalue weighted by molar-refractivity contribution is 6.34. The summed E-state index contributed by atoms with van der Waals surface area (Å²) in [6, 6.07) is 8.98. The fourth-order valence-electron chi connectivity index (χ4n) is 1.68. The third kappa shape index (κ3) is 3.45. The van der Waals surface area contributed by atoms with Crippen LogP contribution in [0.5, 0.6) is 0 Å². The van der Waals surface area contributed by atoms with Gasteiger partial charge in [0.1, 0.15) is 0 Å². The van der Waals surface area contributed by atoms with Gasteiger partial charge in [0, 0.05) is 11.3 Å². The number of nitrogens with two attached hydrogens (primary N) is 2. The molecule has 21 heavy (non-hydrogen) atoms. The largest absolute Gasteiger partial charge is 0.398 e. The second-order valence-electron chi connectivity index (χ2n) is 4.25. The number of benzene rings is 2. The van der Waals surface area contributed by atoms with Gasteiger partial charge in [0.15, 0.2) is 0 Å². The molecule has 0 spiro atoms. The van der Waals surface area contributed by atoms with Crippen molar-refractivity contribution < 1.29 is 9.59 Å². The van der Waals surface area contributed by atoms with E-state index >= 15 is 0 Å². The van der Waals surface area contributed by atoms with Crippen LogP contribution in [0.4, 0.5) is 11.4 Å². The Morgan fingerprint density at radius 1 is 1.00 bits per heavy atom. The quantitative estimate of drug-likeness (QED) is 0.757. The summed E-state index contributed by atoms with van der Waals surface area (Å²) in [5.74, 6) is -1.07. The van der Waals surface area contributed by atoms with Gasteiger partial charge in [0.05, 0.1) is 21.3 Å². The van der Waals surface area contributed by atoms with E-state index in [1.54, 1.807) is 12.1 Å². The summed E-state index contributed by atoms with van der Waals surface area (Å²) >= 11 is 11.6. The number of hydrogen-bond acceptors (Lipinski definition) is 3. The predicted molar refractivity (Wildman–Crippen MR) is 83.8 cm³/mol. The Kier molecular flexibility index (Phi) is 4.35. The van der Waals surface area contributed by atoms with Crippen LogP contribution in [0, 0.1) is 0 Å². The first-order valence-electron chi connectivity index (χ1n) is 5.84. The van der Waals surface area contributed by atoms with Crippen molar-refractivity contribution in [2.75, 3.05) is 11.1 Å². The molecule has 0 aliphatic rings. The van der Waals surface area contributed by atoms with Crippen LogP contribution >= 0.6 is 23.2 Å². The molecule has 0 aliphatic heterocycles. The molecule has 2 aromatic carbocycles. The van der Waals surface area contributed by atoms with Crippen molar-refractivity contribution in [1.82, 2.24) is 0 Å². The number of anilines is 2. The fourth-order valence-corrected chi connectivity index (χ4v) is 2.01. The summed E-state index contributed by atoms with van der Waals surface area (Å²) in [6.07, 6.45) is 0. The minimum Gasteiger partial charge on any atom is -0.398 e. The van der Waals surface area contributed by atoms with Crippen molar-refractivity contribution in [3.63, 3.8) is 0 Å². The summed E-state index contributed by atoms with van der Waals surface area (Å²) in [5.41, 5.74) is 12.0. The van der Waals surface area contributed by atoms with Gasteiger partial charge in [0.2, 0.25) is 5.91 Å². The second kappa shape index (κ2) is 6.03. The van der Waals surface area contributed by atoms with Crippen molar-refractivity contribution in [3.05, 3.63) is 57.6 Å². The molecule has 0 radical (unpaired) electrons. The second-order valence-corrected chi connectivity index (χ2v) is 5.06. The summed E-state index contributed by atoms with van der Waals surface area (Å²) in [6.45, 7) is 0. The molecule has 0 unspecified atom stereocenters. The molecular formula is C14H11Cl2N3O2. The first kappa shape index (κ1) is 15.2. The normalized spacial score (nSPS) is 10.2. The van der Waals surface area contributed by atoms with Crippen LogP contribution in [0.25, 0.3) is 0 Å². The number of rotatable bonds is 3. The Labute approximate surface area is 130 Å². The number of halogens is 2. The average Bonchev–Trinajstić information content (AvgIpc) is 2.43. The van der Waals surface area contributed by atoms with Crippen LogP contribution in [0.15, 0.2) is 36.4 Å². The van der Waals surface area contributed by atoms with Gasteiger partial charge < -0.3 is 16.8 Å². The number of carbonyl (C=O) groups is 2. The fraction of sp³-hybridized carbons (Fsp3) is 0. The van der Waals surface area contributed by atoms with Crippen LogP contribution in [0.1, 0.15) is 20.7 Å². The van der Waals surface area contributed by atoms with E-state index in [9.17, 15) is 9.59 Å². The highest BCUT2D eigenvalue weighted by Crippen LogP contribution is 2.22. The van der Waals surface area contributed by atoms with E-state index in [0.717, 1.165) is 0 Å². The first-order chi connectivity index (χ1) is 9.88. The molecule has 5 nitrogen and oxygen atoms in total. The molecular weight excluding hydrogens is 313 g/mol. The third-order valence-corrected chi connectivity index (χ3v) is 3.42. The lowest BCUT2D eigenvalue weighted by atomic mass is 10.1. The van der Waals surface area contributed by atoms with Gasteiger partial charge in [-0.1, -0.05) is 23.2 Å². The van der Waals surface area contributed by atoms with E-state index in [-0.39, 0.29) is 10.6 Å². The Morgan fingerprint density at radius 3 is 2.29 bits per heavy atom. The minimum absolute atomic E-state index is 0.130. The molecule has 2 amide bonds. The maximum Gasteiger partial charge on any atom is 0.255 e. The number of primary amides is 1. The summed E-state index contributed by atoms with van der Waals surface area (Å²) < 4.78 is 0. The molecule has 0 saturated heterocycles. The zero-order valence-corrected chi connectivity index (χ0v) is 12.2. The highest BCUT2D eigenvalue weighted by Gasteiger charge is 2.11. The van der Waals surface area contributed by atoms with Crippen LogP contribution in [0.2, 0.25) is 10.0 Å². The zero-order valence-electron chi connectivity index (χ0n) is 10.7. The maximum absolute atomic E-state index is 12.1. The van der Waals surface area contributed by atoms with Crippen molar-refractivity contribution in [1.29, 1.82) is 0 Å². The van der Waals surface area contributed by atoms with Gasteiger partial charge in [-0.2, -0.15) is 0 Å². The molecule has 0 aromatic heterocycles. The standard InChI is InChI=1S/C14H11Cl2N3O2/c15-10-4-2-8(6-9(10)13(18)20)19-14(21)7-1-3-11(16)12(17)5-7/h1-6H,17H2,(H2,18,20)(H,19,21). The van der Waals surface area contributed by atoms with Crippen molar-refractivity contribution in [3.8, 4) is 0 Å². The number of nitrogens with one attached hydrogen (secondary N) is 1. The van der Waals surface area contributed by atoms with E-state index in [4.69, 9.17) is 34.7 Å². The molecule has 108 valence electrons. The molecule has 2 aromatic rings. The molecule has 0 saturated carbocycles. The molecule has 5 N–H and O–H groups in total. The Morgan fingerprint density at radius 2 is 1.67 bits per heavy atom. The van der Waals surface area contributed by atoms with Gasteiger partial charge >= 0.3 is 0 Å². The molecule has 0 aliphatic carbocycles. The smallest absolute Gasteiger partial charge is 0.255 e. The molecule has 2 rings (SSSR count). The molecule has 0 bridgehead atoms. The SMILES string of the molecule is NC(=O)c1cc(NC(=O)c2ccc(Cl)c(N)c2)ccc1Cl. The van der Waals surface area contributed by atoms with Crippen LogP contribution in [0.3, 0.4) is 0 Å². The van der Waals surface area contributed by atoms with Crippen LogP contribution in [-0.4, -0.2) is 11.8 Å². The van der Waals surface area contributed by atoms with E-state index in [1.807, 2.05) is 0 Å². The van der Waals surface area contributed by atoms with Gasteiger partial charge in [-0.15, -0.1) is 0 Å². The minimum atomic E-state index is -0.674. The zero-order chi connectivity index (χ0) is 15.6. The number of nitrogen functional groups attached to an aromatic ring is 1. The number of carbonyl (C=O) groups excluding carboxylic acids is 2. The van der Waals surface area contributed by atoms with Crippen LogP contribution < -0.4 is 16.8 Å².